The van der Waals surface area contributed by atoms with Crippen LogP contribution in [0.4, 0.5) is 10.1 Å². The molecule has 0 aliphatic heterocycles. The van der Waals surface area contributed by atoms with Gasteiger partial charge in [-0.15, -0.1) is 0 Å². The highest BCUT2D eigenvalue weighted by atomic mass is 35.5. The van der Waals surface area contributed by atoms with Crippen molar-refractivity contribution in [2.45, 2.75) is 37.8 Å². The van der Waals surface area contributed by atoms with Crippen LogP contribution < -0.4 is 14.4 Å². The molecule has 0 radical (unpaired) electrons. The summed E-state index contributed by atoms with van der Waals surface area (Å²) in [6.45, 7) is 3.52. The number of nitrogens with one attached hydrogen (secondary N) is 1. The summed E-state index contributed by atoms with van der Waals surface area (Å²) in [4.78, 5) is 29.2. The molecule has 1 N–H and O–H groups in total. The van der Waals surface area contributed by atoms with Crippen molar-refractivity contribution >= 4 is 50.7 Å². The van der Waals surface area contributed by atoms with Crippen LogP contribution in [-0.2, 0) is 32.6 Å². The van der Waals surface area contributed by atoms with Crippen LogP contribution >= 0.6 is 23.2 Å². The van der Waals surface area contributed by atoms with E-state index in [-0.39, 0.29) is 28.6 Å². The molecule has 0 aromatic heterocycles. The Hall–Kier alpha value is -4.12. The van der Waals surface area contributed by atoms with Gasteiger partial charge < -0.3 is 15.0 Å². The molecule has 4 aromatic rings. The number of benzene rings is 4. The minimum Gasteiger partial charge on any atom is -0.494 e. The fraction of sp³-hybridized carbons (Fsp3) is 0.235. The number of likely N-dealkylation sites (N-methyl/N-ethyl adjacent to an activating group) is 1. The van der Waals surface area contributed by atoms with Crippen LogP contribution in [0.3, 0.4) is 0 Å². The van der Waals surface area contributed by atoms with Crippen molar-refractivity contribution in [1.82, 2.24) is 10.2 Å². The first-order chi connectivity index (χ1) is 22.0. The van der Waals surface area contributed by atoms with E-state index in [1.807, 2.05) is 37.3 Å². The lowest BCUT2D eigenvalue weighted by molar-refractivity contribution is -0.140. The van der Waals surface area contributed by atoms with E-state index in [1.54, 1.807) is 25.1 Å². The van der Waals surface area contributed by atoms with Crippen molar-refractivity contribution in [2.75, 3.05) is 24.0 Å². The van der Waals surface area contributed by atoms with Gasteiger partial charge in [-0.1, -0.05) is 59.6 Å². The Morgan fingerprint density at radius 3 is 2.15 bits per heavy atom. The number of carbonyl (C=O) groups is 2. The Morgan fingerprint density at radius 2 is 1.54 bits per heavy atom. The van der Waals surface area contributed by atoms with Gasteiger partial charge in [0.15, 0.2) is 0 Å². The van der Waals surface area contributed by atoms with E-state index in [0.717, 1.165) is 22.0 Å². The minimum atomic E-state index is -4.36. The molecule has 0 heterocycles. The number of carbonyl (C=O) groups excluding carboxylic acids is 2. The van der Waals surface area contributed by atoms with Crippen LogP contribution in [0.25, 0.3) is 0 Å². The van der Waals surface area contributed by atoms with Crippen LogP contribution in [0.2, 0.25) is 10.0 Å². The van der Waals surface area contributed by atoms with Gasteiger partial charge in [-0.3, -0.25) is 13.9 Å². The average molecular weight is 687 g/mol. The zero-order valence-electron chi connectivity index (χ0n) is 25.3. The molecule has 4 aromatic carbocycles. The van der Waals surface area contributed by atoms with E-state index < -0.39 is 40.2 Å². The number of ether oxygens (including phenoxy) is 1. The Morgan fingerprint density at radius 1 is 0.870 bits per heavy atom. The maximum absolute atomic E-state index is 14.4. The molecule has 0 unspecified atom stereocenters. The highest BCUT2D eigenvalue weighted by molar-refractivity contribution is 7.92. The lowest BCUT2D eigenvalue weighted by atomic mass is 10.0. The topological polar surface area (TPSA) is 96.0 Å². The lowest BCUT2D eigenvalue weighted by Crippen LogP contribution is -2.53. The molecule has 0 fully saturated rings. The van der Waals surface area contributed by atoms with Gasteiger partial charge in [0, 0.05) is 19.5 Å². The van der Waals surface area contributed by atoms with Crippen molar-refractivity contribution in [3.05, 3.63) is 124 Å². The first-order valence-electron chi connectivity index (χ1n) is 14.6. The molecular formula is C34H34Cl2FN3O5S. The molecule has 0 saturated carbocycles. The molecule has 0 bridgehead atoms. The molecule has 4 rings (SSSR count). The van der Waals surface area contributed by atoms with Gasteiger partial charge in [0.2, 0.25) is 11.8 Å². The summed E-state index contributed by atoms with van der Waals surface area (Å²) in [5, 5.41) is 3.38. The molecule has 0 spiro atoms. The minimum absolute atomic E-state index is 0.0655. The number of hydrogen-bond donors (Lipinski definition) is 1. The largest absolute Gasteiger partial charge is 0.494 e. The summed E-state index contributed by atoms with van der Waals surface area (Å²) in [5.41, 5.74) is 1.44. The van der Waals surface area contributed by atoms with Crippen LogP contribution in [0.1, 0.15) is 25.0 Å². The Labute approximate surface area is 278 Å². The number of halogens is 3. The van der Waals surface area contributed by atoms with E-state index in [2.05, 4.69) is 5.32 Å². The summed E-state index contributed by atoms with van der Waals surface area (Å²) in [5.74, 6) is -1.18. The monoisotopic (exact) mass is 685 g/mol. The van der Waals surface area contributed by atoms with E-state index in [9.17, 15) is 22.4 Å². The van der Waals surface area contributed by atoms with Gasteiger partial charge in [-0.2, -0.15) is 0 Å². The van der Waals surface area contributed by atoms with Crippen molar-refractivity contribution in [3.8, 4) is 5.75 Å². The first kappa shape index (κ1) is 34.7. The fourth-order valence-corrected chi connectivity index (χ4v) is 6.55. The van der Waals surface area contributed by atoms with Crippen molar-refractivity contribution in [1.29, 1.82) is 0 Å². The van der Waals surface area contributed by atoms with Gasteiger partial charge in [-0.25, -0.2) is 12.8 Å². The summed E-state index contributed by atoms with van der Waals surface area (Å²) < 4.78 is 48.5. The summed E-state index contributed by atoms with van der Waals surface area (Å²) in [6, 6.07) is 23.6. The SMILES string of the molecule is CCNC(=O)[C@@H](Cc1ccccc1)N(Cc1ccc(Cl)c(Cl)c1)C(=O)CN(c1ccc(F)cc1)S(=O)(=O)c1ccc(OCC)cc1. The van der Waals surface area contributed by atoms with Crippen LogP contribution in [0, 0.1) is 5.82 Å². The highest BCUT2D eigenvalue weighted by Crippen LogP contribution is 2.28. The molecular weight excluding hydrogens is 652 g/mol. The van der Waals surface area contributed by atoms with E-state index in [0.29, 0.717) is 29.5 Å². The summed E-state index contributed by atoms with van der Waals surface area (Å²) in [7, 11) is -4.36. The molecule has 0 saturated heterocycles. The predicted molar refractivity (Wildman–Crippen MR) is 178 cm³/mol. The van der Waals surface area contributed by atoms with E-state index in [1.165, 1.54) is 41.3 Å². The van der Waals surface area contributed by atoms with Gasteiger partial charge in [0.1, 0.15) is 24.2 Å². The molecule has 1 atom stereocenters. The quantitative estimate of drug-likeness (QED) is 0.163. The third-order valence-electron chi connectivity index (χ3n) is 7.08. The van der Waals surface area contributed by atoms with Crippen molar-refractivity contribution in [2.24, 2.45) is 0 Å². The molecule has 0 aliphatic rings. The second kappa shape index (κ2) is 15.9. The molecule has 8 nitrogen and oxygen atoms in total. The number of anilines is 1. The first-order valence-corrected chi connectivity index (χ1v) is 16.8. The standard InChI is InChI=1S/C34H34Cl2FN3O5S/c1-3-38-34(42)32(21-24-8-6-5-7-9-24)39(22-25-10-19-30(35)31(36)20-25)33(41)23-40(27-13-11-26(37)12-14-27)46(43,44)29-17-15-28(16-18-29)45-4-2/h5-20,32H,3-4,21-23H2,1-2H3,(H,38,42)/t32-/m1/s1. The molecule has 12 heteroatoms. The van der Waals surface area contributed by atoms with Gasteiger partial charge in [0.05, 0.1) is 27.2 Å². The summed E-state index contributed by atoms with van der Waals surface area (Å²) >= 11 is 12.4. The highest BCUT2D eigenvalue weighted by Gasteiger charge is 2.34. The Kier molecular flexibility index (Phi) is 12.0. The van der Waals surface area contributed by atoms with Crippen LogP contribution in [-0.4, -0.2) is 50.9 Å². The van der Waals surface area contributed by atoms with Crippen LogP contribution in [0.5, 0.6) is 5.75 Å². The maximum Gasteiger partial charge on any atom is 0.264 e. The van der Waals surface area contributed by atoms with Crippen molar-refractivity contribution < 1.29 is 27.1 Å². The summed E-state index contributed by atoms with van der Waals surface area (Å²) in [6.07, 6.45) is 0.155. The fourth-order valence-electron chi connectivity index (χ4n) is 4.82. The smallest absolute Gasteiger partial charge is 0.264 e. The number of rotatable bonds is 14. The maximum atomic E-state index is 14.4. The Bertz CT molecular complexity index is 1740. The van der Waals surface area contributed by atoms with Gasteiger partial charge >= 0.3 is 0 Å². The number of nitrogens with zero attached hydrogens (tertiary/aromatic N) is 2. The van der Waals surface area contributed by atoms with E-state index in [4.69, 9.17) is 27.9 Å². The van der Waals surface area contributed by atoms with Crippen LogP contribution in [0.15, 0.2) is 102 Å². The lowest BCUT2D eigenvalue weighted by Gasteiger charge is -2.34. The second-order valence-corrected chi connectivity index (χ2v) is 12.9. The molecule has 46 heavy (non-hydrogen) atoms. The molecule has 2 amide bonds. The number of amides is 2. The average Bonchev–Trinajstić information content (AvgIpc) is 3.04. The second-order valence-electron chi connectivity index (χ2n) is 10.3. The number of sulfonamides is 1. The third-order valence-corrected chi connectivity index (χ3v) is 9.60. The normalized spacial score (nSPS) is 11.8. The zero-order chi connectivity index (χ0) is 33.3. The van der Waals surface area contributed by atoms with E-state index >= 15 is 0 Å². The third kappa shape index (κ3) is 8.78. The Balaban J connectivity index is 1.79. The van der Waals surface area contributed by atoms with Gasteiger partial charge in [0.25, 0.3) is 10.0 Å². The predicted octanol–water partition coefficient (Wildman–Crippen LogP) is 6.50. The zero-order valence-corrected chi connectivity index (χ0v) is 27.7. The molecule has 0 aliphatic carbocycles. The molecule has 242 valence electrons. The van der Waals surface area contributed by atoms with Gasteiger partial charge in [-0.05, 0) is 85.6 Å². The number of hydrogen-bond acceptors (Lipinski definition) is 5. The van der Waals surface area contributed by atoms with Crippen molar-refractivity contribution in [3.63, 3.8) is 0 Å².